The predicted molar refractivity (Wildman–Crippen MR) is 71.8 cm³/mol. The normalized spacial score (nSPS) is 14.9. The smallest absolute Gasteiger partial charge is 0.317 e. The second kappa shape index (κ2) is 6.38. The van der Waals surface area contributed by atoms with Crippen molar-refractivity contribution in [1.29, 1.82) is 0 Å². The molecule has 0 spiro atoms. The van der Waals surface area contributed by atoms with Gasteiger partial charge in [-0.05, 0) is 32.4 Å². The number of halogens is 1. The molecule has 0 aromatic carbocycles. The van der Waals surface area contributed by atoms with Gasteiger partial charge in [0.25, 0.3) is 0 Å². The third kappa shape index (κ3) is 3.98. The Balaban J connectivity index is 2.85. The van der Waals surface area contributed by atoms with Gasteiger partial charge in [-0.3, -0.25) is 9.69 Å². The lowest BCUT2D eigenvalue weighted by Crippen LogP contribution is -2.38. The highest BCUT2D eigenvalue weighted by molar-refractivity contribution is 7.16. The first-order chi connectivity index (χ1) is 7.95. The molecular formula is C12H18ClNO2S. The molecule has 0 radical (unpaired) electrons. The van der Waals surface area contributed by atoms with Crippen molar-refractivity contribution in [2.24, 2.45) is 0 Å². The number of thiophene rings is 1. The molecule has 2 atom stereocenters. The van der Waals surface area contributed by atoms with E-state index in [1.807, 2.05) is 24.0 Å². The number of carboxylic acids is 1. The largest absolute Gasteiger partial charge is 0.480 e. The highest BCUT2D eigenvalue weighted by atomic mass is 35.5. The predicted octanol–water partition coefficient (Wildman–Crippen LogP) is 3.65. The van der Waals surface area contributed by atoms with E-state index in [0.717, 1.165) is 15.6 Å². The molecule has 3 nitrogen and oxygen atoms in total. The van der Waals surface area contributed by atoms with Gasteiger partial charge in [-0.15, -0.1) is 11.3 Å². The average molecular weight is 276 g/mol. The molecule has 1 aromatic heterocycles. The SMILES string of the molecule is CCC(C)N(CC(=O)O)C(C)c1ccc(Cl)s1. The maximum atomic E-state index is 10.9. The number of rotatable bonds is 6. The zero-order valence-electron chi connectivity index (χ0n) is 10.3. The fourth-order valence-corrected chi connectivity index (χ4v) is 2.91. The molecule has 1 N–H and O–H groups in total. The molecule has 0 bridgehead atoms. The van der Waals surface area contributed by atoms with E-state index < -0.39 is 5.97 Å². The van der Waals surface area contributed by atoms with Crippen LogP contribution >= 0.6 is 22.9 Å². The van der Waals surface area contributed by atoms with Crippen LogP contribution in [0.3, 0.4) is 0 Å². The van der Waals surface area contributed by atoms with Crippen molar-refractivity contribution in [2.45, 2.75) is 39.3 Å². The van der Waals surface area contributed by atoms with Gasteiger partial charge in [0.1, 0.15) is 0 Å². The minimum Gasteiger partial charge on any atom is -0.480 e. The summed E-state index contributed by atoms with van der Waals surface area (Å²) in [5.41, 5.74) is 0. The minimum absolute atomic E-state index is 0.0612. The highest BCUT2D eigenvalue weighted by Crippen LogP contribution is 2.31. The Morgan fingerprint density at radius 3 is 2.59 bits per heavy atom. The van der Waals surface area contributed by atoms with Crippen LogP contribution in [0.4, 0.5) is 0 Å². The third-order valence-electron chi connectivity index (χ3n) is 2.98. The summed E-state index contributed by atoms with van der Waals surface area (Å²) in [4.78, 5) is 14.0. The van der Waals surface area contributed by atoms with E-state index in [4.69, 9.17) is 16.7 Å². The van der Waals surface area contributed by atoms with Crippen LogP contribution in [-0.2, 0) is 4.79 Å². The van der Waals surface area contributed by atoms with Crippen LogP contribution < -0.4 is 0 Å². The van der Waals surface area contributed by atoms with E-state index in [1.165, 1.54) is 11.3 Å². The summed E-state index contributed by atoms with van der Waals surface area (Å²) in [5, 5.41) is 8.96. The quantitative estimate of drug-likeness (QED) is 0.862. The first kappa shape index (κ1) is 14.5. The molecular weight excluding hydrogens is 258 g/mol. The molecule has 0 fully saturated rings. The lowest BCUT2D eigenvalue weighted by atomic mass is 10.1. The van der Waals surface area contributed by atoms with Crippen molar-refractivity contribution in [3.05, 3.63) is 21.3 Å². The van der Waals surface area contributed by atoms with Gasteiger partial charge in [0.15, 0.2) is 0 Å². The molecule has 5 heteroatoms. The lowest BCUT2D eigenvalue weighted by molar-refractivity contribution is -0.139. The first-order valence-corrected chi connectivity index (χ1v) is 6.88. The molecule has 96 valence electrons. The second-order valence-electron chi connectivity index (χ2n) is 4.14. The van der Waals surface area contributed by atoms with Gasteiger partial charge in [0.05, 0.1) is 10.9 Å². The maximum absolute atomic E-state index is 10.9. The molecule has 1 heterocycles. The molecule has 0 amide bonds. The van der Waals surface area contributed by atoms with Crippen LogP contribution in [0.25, 0.3) is 0 Å². The Bertz CT molecular complexity index is 380. The van der Waals surface area contributed by atoms with E-state index in [1.54, 1.807) is 0 Å². The zero-order chi connectivity index (χ0) is 13.0. The van der Waals surface area contributed by atoms with Crippen molar-refractivity contribution in [3.8, 4) is 0 Å². The van der Waals surface area contributed by atoms with E-state index in [2.05, 4.69) is 13.8 Å². The molecule has 0 saturated heterocycles. The summed E-state index contributed by atoms with van der Waals surface area (Å²) >= 11 is 7.42. The van der Waals surface area contributed by atoms with Gasteiger partial charge < -0.3 is 5.11 Å². The van der Waals surface area contributed by atoms with Gasteiger partial charge in [0, 0.05) is 17.0 Å². The molecule has 1 rings (SSSR count). The summed E-state index contributed by atoms with van der Waals surface area (Å²) in [6.45, 7) is 6.20. The average Bonchev–Trinajstić information content (AvgIpc) is 2.70. The van der Waals surface area contributed by atoms with Crippen LogP contribution in [0.15, 0.2) is 12.1 Å². The topological polar surface area (TPSA) is 40.5 Å². The fraction of sp³-hybridized carbons (Fsp3) is 0.583. The van der Waals surface area contributed by atoms with Crippen LogP contribution in [0.1, 0.15) is 38.1 Å². The number of aliphatic carboxylic acids is 1. The second-order valence-corrected chi connectivity index (χ2v) is 5.89. The molecule has 0 aliphatic rings. The van der Waals surface area contributed by atoms with Gasteiger partial charge in [-0.1, -0.05) is 18.5 Å². The summed E-state index contributed by atoms with van der Waals surface area (Å²) < 4.78 is 0.742. The third-order valence-corrected chi connectivity index (χ3v) is 4.38. The lowest BCUT2D eigenvalue weighted by Gasteiger charge is -2.32. The molecule has 0 saturated carbocycles. The number of carboxylic acid groups (broad SMARTS) is 1. The standard InChI is InChI=1S/C12H18ClNO2S/c1-4-8(2)14(7-12(15)16)9(3)10-5-6-11(13)17-10/h5-6,8-9H,4,7H2,1-3H3,(H,15,16). The number of hydrogen-bond donors (Lipinski definition) is 1. The number of hydrogen-bond acceptors (Lipinski definition) is 3. The summed E-state index contributed by atoms with van der Waals surface area (Å²) in [6, 6.07) is 4.14. The van der Waals surface area contributed by atoms with E-state index in [-0.39, 0.29) is 18.6 Å². The van der Waals surface area contributed by atoms with Crippen molar-refractivity contribution in [1.82, 2.24) is 4.90 Å². The monoisotopic (exact) mass is 275 g/mol. The zero-order valence-corrected chi connectivity index (χ0v) is 11.9. The Morgan fingerprint density at radius 1 is 1.53 bits per heavy atom. The van der Waals surface area contributed by atoms with Gasteiger partial charge in [-0.2, -0.15) is 0 Å². The first-order valence-electron chi connectivity index (χ1n) is 5.68. The van der Waals surface area contributed by atoms with Gasteiger partial charge in [-0.25, -0.2) is 0 Å². The molecule has 1 aromatic rings. The van der Waals surface area contributed by atoms with E-state index in [9.17, 15) is 4.79 Å². The van der Waals surface area contributed by atoms with Crippen LogP contribution in [0.2, 0.25) is 4.34 Å². The highest BCUT2D eigenvalue weighted by Gasteiger charge is 2.23. The van der Waals surface area contributed by atoms with Crippen LogP contribution in [0.5, 0.6) is 0 Å². The van der Waals surface area contributed by atoms with E-state index >= 15 is 0 Å². The molecule has 0 aliphatic heterocycles. The van der Waals surface area contributed by atoms with Gasteiger partial charge in [0.2, 0.25) is 0 Å². The number of carbonyl (C=O) groups is 1. The Hall–Kier alpha value is -0.580. The molecule has 17 heavy (non-hydrogen) atoms. The molecule has 2 unspecified atom stereocenters. The summed E-state index contributed by atoms with van der Waals surface area (Å²) in [5.74, 6) is -0.792. The van der Waals surface area contributed by atoms with Gasteiger partial charge >= 0.3 is 5.97 Å². The fourth-order valence-electron chi connectivity index (χ4n) is 1.78. The Morgan fingerprint density at radius 2 is 2.18 bits per heavy atom. The van der Waals surface area contributed by atoms with Crippen molar-refractivity contribution in [3.63, 3.8) is 0 Å². The number of nitrogens with zero attached hydrogens (tertiary/aromatic N) is 1. The Labute approximate surface area is 111 Å². The summed E-state index contributed by atoms with van der Waals surface area (Å²) in [6.07, 6.45) is 0.927. The van der Waals surface area contributed by atoms with E-state index in [0.29, 0.717) is 0 Å². The Kier molecular flexibility index (Phi) is 5.43. The van der Waals surface area contributed by atoms with Crippen molar-refractivity contribution in [2.75, 3.05) is 6.54 Å². The van der Waals surface area contributed by atoms with Crippen molar-refractivity contribution >= 4 is 28.9 Å². The van der Waals surface area contributed by atoms with Crippen LogP contribution in [0, 0.1) is 0 Å². The maximum Gasteiger partial charge on any atom is 0.317 e. The van der Waals surface area contributed by atoms with Crippen molar-refractivity contribution < 1.29 is 9.90 Å². The van der Waals surface area contributed by atoms with Crippen LogP contribution in [-0.4, -0.2) is 28.6 Å². The molecule has 0 aliphatic carbocycles. The minimum atomic E-state index is -0.792. The summed E-state index contributed by atoms with van der Waals surface area (Å²) in [7, 11) is 0.